The first-order valence-electron chi connectivity index (χ1n) is 7.24. The molecule has 1 aromatic heterocycles. The molecule has 2 aromatic rings. The fourth-order valence-electron chi connectivity index (χ4n) is 2.61. The molecule has 2 atom stereocenters. The van der Waals surface area contributed by atoms with Gasteiger partial charge >= 0.3 is 0 Å². The van der Waals surface area contributed by atoms with E-state index in [9.17, 15) is 4.79 Å². The van der Waals surface area contributed by atoms with Crippen molar-refractivity contribution in [2.45, 2.75) is 31.5 Å². The highest BCUT2D eigenvalue weighted by Gasteiger charge is 2.26. The van der Waals surface area contributed by atoms with E-state index in [1.807, 2.05) is 18.2 Å². The van der Waals surface area contributed by atoms with Crippen LogP contribution in [0.4, 0.5) is 0 Å². The Balaban J connectivity index is 1.59. The molecule has 1 aliphatic heterocycles. The number of halogens is 1. The maximum atomic E-state index is 12.2. The number of rotatable bonds is 4. The lowest BCUT2D eigenvalue weighted by Crippen LogP contribution is -2.50. The highest BCUT2D eigenvalue weighted by Crippen LogP contribution is 2.25. The number of ether oxygens (including phenoxy) is 1. The standard InChI is InChI=1S/C15H18BrN3O2S/c1-21-10-4-5-17-12(7-10)15(20)18-8-14-19-11-6-9(16)2-3-13(11)22-14/h2-3,6,10,12,17H,4-5,7-8H2,1H3,(H,18,20). The van der Waals surface area contributed by atoms with Crippen molar-refractivity contribution in [2.75, 3.05) is 13.7 Å². The first kappa shape index (κ1) is 15.9. The van der Waals surface area contributed by atoms with Crippen LogP contribution in [0.3, 0.4) is 0 Å². The maximum Gasteiger partial charge on any atom is 0.237 e. The lowest BCUT2D eigenvalue weighted by molar-refractivity contribution is -0.125. The van der Waals surface area contributed by atoms with Crippen LogP contribution in [0.5, 0.6) is 0 Å². The molecule has 0 radical (unpaired) electrons. The van der Waals surface area contributed by atoms with Gasteiger partial charge in [-0.15, -0.1) is 11.3 Å². The SMILES string of the molecule is COC1CCNC(C(=O)NCc2nc3cc(Br)ccc3s2)C1. The van der Waals surface area contributed by atoms with Crippen molar-refractivity contribution in [3.63, 3.8) is 0 Å². The van der Waals surface area contributed by atoms with Crippen LogP contribution in [0, 0.1) is 0 Å². The Morgan fingerprint density at radius 2 is 2.45 bits per heavy atom. The second-order valence-electron chi connectivity index (χ2n) is 5.33. The van der Waals surface area contributed by atoms with Gasteiger partial charge in [-0.25, -0.2) is 4.98 Å². The minimum Gasteiger partial charge on any atom is -0.381 e. The molecule has 3 rings (SSSR count). The van der Waals surface area contributed by atoms with Gasteiger partial charge in [0.1, 0.15) is 5.01 Å². The number of hydrogen-bond donors (Lipinski definition) is 2. The smallest absolute Gasteiger partial charge is 0.237 e. The zero-order valence-corrected chi connectivity index (χ0v) is 14.7. The number of benzene rings is 1. The lowest BCUT2D eigenvalue weighted by atomic mass is 10.0. The Bertz CT molecular complexity index is 676. The highest BCUT2D eigenvalue weighted by molar-refractivity contribution is 9.10. The topological polar surface area (TPSA) is 63.2 Å². The van der Waals surface area contributed by atoms with Gasteiger partial charge in [0.05, 0.1) is 28.9 Å². The Kier molecular flexibility index (Phi) is 5.07. The molecule has 1 aliphatic rings. The average Bonchev–Trinajstić information content (AvgIpc) is 2.94. The van der Waals surface area contributed by atoms with E-state index in [0.717, 1.165) is 39.1 Å². The van der Waals surface area contributed by atoms with Gasteiger partial charge in [-0.1, -0.05) is 15.9 Å². The number of methoxy groups -OCH3 is 1. The molecule has 0 aliphatic carbocycles. The molecule has 1 saturated heterocycles. The summed E-state index contributed by atoms with van der Waals surface area (Å²) in [5.74, 6) is 0.0159. The monoisotopic (exact) mass is 383 g/mol. The molecule has 22 heavy (non-hydrogen) atoms. The summed E-state index contributed by atoms with van der Waals surface area (Å²) in [6.45, 7) is 1.28. The van der Waals surface area contributed by atoms with Crippen LogP contribution in [-0.2, 0) is 16.1 Å². The summed E-state index contributed by atoms with van der Waals surface area (Å²) in [5.41, 5.74) is 0.957. The molecule has 0 bridgehead atoms. The van der Waals surface area contributed by atoms with E-state index in [0.29, 0.717) is 6.54 Å². The van der Waals surface area contributed by atoms with Gasteiger partial charge in [0, 0.05) is 11.6 Å². The molecule has 2 N–H and O–H groups in total. The second-order valence-corrected chi connectivity index (χ2v) is 7.36. The molecule has 1 fully saturated rings. The molecule has 2 heterocycles. The van der Waals surface area contributed by atoms with Gasteiger partial charge in [-0.3, -0.25) is 4.79 Å². The predicted molar refractivity (Wildman–Crippen MR) is 91.0 cm³/mol. The van der Waals surface area contributed by atoms with E-state index >= 15 is 0 Å². The summed E-state index contributed by atoms with van der Waals surface area (Å²) in [5, 5.41) is 7.12. The fraction of sp³-hybridized carbons (Fsp3) is 0.467. The van der Waals surface area contributed by atoms with Crippen LogP contribution >= 0.6 is 27.3 Å². The molecular weight excluding hydrogens is 366 g/mol. The summed E-state index contributed by atoms with van der Waals surface area (Å²) >= 11 is 5.05. The van der Waals surface area contributed by atoms with Gasteiger partial charge in [0.25, 0.3) is 0 Å². The Labute approximate surface area is 141 Å². The van der Waals surface area contributed by atoms with Crippen molar-refractivity contribution < 1.29 is 9.53 Å². The third kappa shape index (κ3) is 3.65. The largest absolute Gasteiger partial charge is 0.381 e. The minimum atomic E-state index is -0.178. The van der Waals surface area contributed by atoms with Crippen LogP contribution in [0.15, 0.2) is 22.7 Å². The summed E-state index contributed by atoms with van der Waals surface area (Å²) in [6.07, 6.45) is 1.83. The maximum absolute atomic E-state index is 12.2. The van der Waals surface area contributed by atoms with Gasteiger partial charge in [0.2, 0.25) is 5.91 Å². The summed E-state index contributed by atoms with van der Waals surface area (Å²) < 4.78 is 7.49. The van der Waals surface area contributed by atoms with Crippen LogP contribution < -0.4 is 10.6 Å². The number of fused-ring (bicyclic) bond motifs is 1. The molecule has 7 heteroatoms. The molecule has 5 nitrogen and oxygen atoms in total. The zero-order valence-electron chi connectivity index (χ0n) is 12.3. The van der Waals surface area contributed by atoms with E-state index < -0.39 is 0 Å². The Hall–Kier alpha value is -1.02. The van der Waals surface area contributed by atoms with Crippen molar-refractivity contribution >= 4 is 43.4 Å². The predicted octanol–water partition coefficient (Wildman–Crippen LogP) is 2.44. The van der Waals surface area contributed by atoms with Crippen LogP contribution in [-0.4, -0.2) is 36.7 Å². The average molecular weight is 384 g/mol. The number of carbonyl (C=O) groups is 1. The van der Waals surface area contributed by atoms with E-state index in [4.69, 9.17) is 4.74 Å². The Morgan fingerprint density at radius 3 is 3.27 bits per heavy atom. The summed E-state index contributed by atoms with van der Waals surface area (Å²) in [7, 11) is 1.70. The van der Waals surface area contributed by atoms with E-state index in [1.165, 1.54) is 0 Å². The number of aromatic nitrogens is 1. The number of piperidine rings is 1. The quantitative estimate of drug-likeness (QED) is 0.850. The van der Waals surface area contributed by atoms with Crippen molar-refractivity contribution in [1.29, 1.82) is 0 Å². The van der Waals surface area contributed by atoms with Crippen molar-refractivity contribution in [3.8, 4) is 0 Å². The molecule has 118 valence electrons. The van der Waals surface area contributed by atoms with Crippen molar-refractivity contribution in [2.24, 2.45) is 0 Å². The van der Waals surface area contributed by atoms with Gasteiger partial charge < -0.3 is 15.4 Å². The van der Waals surface area contributed by atoms with E-state index in [-0.39, 0.29) is 18.1 Å². The van der Waals surface area contributed by atoms with Gasteiger partial charge in [-0.2, -0.15) is 0 Å². The number of nitrogens with zero attached hydrogens (tertiary/aromatic N) is 1. The third-order valence-electron chi connectivity index (χ3n) is 3.81. The molecule has 0 spiro atoms. The highest BCUT2D eigenvalue weighted by atomic mass is 79.9. The van der Waals surface area contributed by atoms with Crippen LogP contribution in [0.25, 0.3) is 10.2 Å². The first-order chi connectivity index (χ1) is 10.7. The molecule has 1 amide bonds. The number of amides is 1. The molecule has 1 aromatic carbocycles. The molecule has 2 unspecified atom stereocenters. The van der Waals surface area contributed by atoms with E-state index in [2.05, 4.69) is 31.5 Å². The van der Waals surface area contributed by atoms with Crippen LogP contribution in [0.1, 0.15) is 17.8 Å². The molecular formula is C15H18BrN3O2S. The Morgan fingerprint density at radius 1 is 1.59 bits per heavy atom. The fourth-order valence-corrected chi connectivity index (χ4v) is 3.84. The minimum absolute atomic E-state index is 0.0159. The number of nitrogens with one attached hydrogen (secondary N) is 2. The van der Waals surface area contributed by atoms with Gasteiger partial charge in [-0.05, 0) is 37.6 Å². The summed E-state index contributed by atoms with van der Waals surface area (Å²) in [4.78, 5) is 16.8. The van der Waals surface area contributed by atoms with Crippen molar-refractivity contribution in [1.82, 2.24) is 15.6 Å². The normalized spacial score (nSPS) is 21.9. The summed E-state index contributed by atoms with van der Waals surface area (Å²) in [6, 6.07) is 5.85. The lowest BCUT2D eigenvalue weighted by Gasteiger charge is -2.28. The number of thiazole rings is 1. The number of carbonyl (C=O) groups excluding carboxylic acids is 1. The molecule has 0 saturated carbocycles. The zero-order chi connectivity index (χ0) is 15.5. The second kappa shape index (κ2) is 7.04. The number of hydrogen-bond acceptors (Lipinski definition) is 5. The van der Waals surface area contributed by atoms with Crippen LogP contribution in [0.2, 0.25) is 0 Å². The van der Waals surface area contributed by atoms with Crippen molar-refractivity contribution in [3.05, 3.63) is 27.7 Å². The van der Waals surface area contributed by atoms with E-state index in [1.54, 1.807) is 18.4 Å². The van der Waals surface area contributed by atoms with Gasteiger partial charge in [0.15, 0.2) is 0 Å². The third-order valence-corrected chi connectivity index (χ3v) is 5.34. The first-order valence-corrected chi connectivity index (χ1v) is 8.85.